The molecule has 1 saturated carbocycles. The second-order valence-corrected chi connectivity index (χ2v) is 6.20. The number of nitrogens with one attached hydrogen (secondary N) is 1. The summed E-state index contributed by atoms with van der Waals surface area (Å²) in [4.78, 5) is 2.51. The lowest BCUT2D eigenvalue weighted by Gasteiger charge is -2.34. The second-order valence-electron chi connectivity index (χ2n) is 6.20. The number of aryl methyl sites for hydroxylation is 1. The third-order valence-electron chi connectivity index (χ3n) is 4.52. The first-order chi connectivity index (χ1) is 9.72. The Morgan fingerprint density at radius 1 is 1.20 bits per heavy atom. The summed E-state index contributed by atoms with van der Waals surface area (Å²) in [5.41, 5.74) is 4.22. The summed E-state index contributed by atoms with van der Waals surface area (Å²) in [6.07, 6.45) is 8.12. The molecule has 1 aliphatic carbocycles. The third kappa shape index (κ3) is 3.99. The van der Waals surface area contributed by atoms with Crippen LogP contribution in [0.3, 0.4) is 0 Å². The lowest BCUT2D eigenvalue weighted by atomic mass is 9.93. The Morgan fingerprint density at radius 3 is 2.60 bits per heavy atom. The molecule has 1 N–H and O–H groups in total. The van der Waals surface area contributed by atoms with Crippen molar-refractivity contribution in [2.24, 2.45) is 0 Å². The van der Waals surface area contributed by atoms with Crippen molar-refractivity contribution >= 4 is 5.69 Å². The van der Waals surface area contributed by atoms with Crippen LogP contribution in [0.4, 0.5) is 5.69 Å². The summed E-state index contributed by atoms with van der Waals surface area (Å²) in [6, 6.07) is 7.68. The Morgan fingerprint density at radius 2 is 1.95 bits per heavy atom. The summed E-state index contributed by atoms with van der Waals surface area (Å²) in [5, 5.41) is 3.48. The summed E-state index contributed by atoms with van der Waals surface area (Å²) in [7, 11) is 2.27. The normalized spacial score (nSPS) is 16.4. The number of anilines is 1. The summed E-state index contributed by atoms with van der Waals surface area (Å²) in [5.74, 6) is 0. The Bertz CT molecular complexity index is 408. The van der Waals surface area contributed by atoms with Gasteiger partial charge in [0.05, 0.1) is 0 Å². The molecule has 0 radical (unpaired) electrons. The number of benzene rings is 1. The van der Waals surface area contributed by atoms with E-state index < -0.39 is 0 Å². The van der Waals surface area contributed by atoms with E-state index in [-0.39, 0.29) is 0 Å². The molecule has 0 unspecified atom stereocenters. The lowest BCUT2D eigenvalue weighted by Crippen LogP contribution is -2.33. The van der Waals surface area contributed by atoms with Crippen molar-refractivity contribution in [3.63, 3.8) is 0 Å². The van der Waals surface area contributed by atoms with Crippen molar-refractivity contribution in [1.29, 1.82) is 0 Å². The Kier molecular flexibility index (Phi) is 5.90. The third-order valence-corrected chi connectivity index (χ3v) is 4.52. The SMILES string of the molecule is CCCNCc1ccc(N(C)C2CCCCC2)c(C)c1. The van der Waals surface area contributed by atoms with E-state index in [1.807, 2.05) is 0 Å². The highest BCUT2D eigenvalue weighted by molar-refractivity contribution is 5.54. The van der Waals surface area contributed by atoms with Crippen molar-refractivity contribution < 1.29 is 0 Å². The van der Waals surface area contributed by atoms with Gasteiger partial charge in [-0.2, -0.15) is 0 Å². The first kappa shape index (κ1) is 15.4. The second kappa shape index (κ2) is 7.68. The molecule has 0 aliphatic heterocycles. The maximum atomic E-state index is 3.48. The van der Waals surface area contributed by atoms with Gasteiger partial charge in [0.25, 0.3) is 0 Å². The first-order valence-electron chi connectivity index (χ1n) is 8.25. The minimum absolute atomic E-state index is 0.742. The van der Waals surface area contributed by atoms with Gasteiger partial charge in [0.1, 0.15) is 0 Å². The van der Waals surface area contributed by atoms with Crippen molar-refractivity contribution in [3.8, 4) is 0 Å². The van der Waals surface area contributed by atoms with Crippen molar-refractivity contribution in [1.82, 2.24) is 5.32 Å². The molecule has 2 rings (SSSR count). The van der Waals surface area contributed by atoms with Gasteiger partial charge in [0, 0.05) is 25.3 Å². The molecule has 2 heteroatoms. The van der Waals surface area contributed by atoms with E-state index in [0.29, 0.717) is 0 Å². The van der Waals surface area contributed by atoms with Crippen molar-refractivity contribution in [3.05, 3.63) is 29.3 Å². The summed E-state index contributed by atoms with van der Waals surface area (Å²) < 4.78 is 0. The van der Waals surface area contributed by atoms with Gasteiger partial charge in [-0.05, 0) is 49.9 Å². The van der Waals surface area contributed by atoms with Crippen molar-refractivity contribution in [2.45, 2.75) is 65.0 Å². The minimum Gasteiger partial charge on any atom is -0.371 e. The smallest absolute Gasteiger partial charge is 0.0396 e. The lowest BCUT2D eigenvalue weighted by molar-refractivity contribution is 0.427. The zero-order valence-electron chi connectivity index (χ0n) is 13.4. The van der Waals surface area contributed by atoms with E-state index in [0.717, 1.165) is 19.1 Å². The van der Waals surface area contributed by atoms with Crippen LogP contribution in [0.15, 0.2) is 18.2 Å². The zero-order chi connectivity index (χ0) is 14.4. The largest absolute Gasteiger partial charge is 0.371 e. The van der Waals surface area contributed by atoms with E-state index >= 15 is 0 Å². The molecule has 2 nitrogen and oxygen atoms in total. The van der Waals surface area contributed by atoms with Gasteiger partial charge in [0.15, 0.2) is 0 Å². The first-order valence-corrected chi connectivity index (χ1v) is 8.25. The highest BCUT2D eigenvalue weighted by Gasteiger charge is 2.19. The molecule has 0 aromatic heterocycles. The van der Waals surface area contributed by atoms with Gasteiger partial charge in [-0.1, -0.05) is 38.3 Å². The minimum atomic E-state index is 0.742. The highest BCUT2D eigenvalue weighted by atomic mass is 15.1. The average molecular weight is 274 g/mol. The molecule has 1 aliphatic rings. The quantitative estimate of drug-likeness (QED) is 0.780. The molecule has 0 atom stereocenters. The Labute approximate surface area is 124 Å². The summed E-state index contributed by atoms with van der Waals surface area (Å²) >= 11 is 0. The number of hydrogen-bond donors (Lipinski definition) is 1. The van der Waals surface area contributed by atoms with Gasteiger partial charge >= 0.3 is 0 Å². The van der Waals surface area contributed by atoms with E-state index in [9.17, 15) is 0 Å². The molecule has 1 aromatic rings. The molecule has 112 valence electrons. The van der Waals surface area contributed by atoms with E-state index in [4.69, 9.17) is 0 Å². The molecule has 0 amide bonds. The Hall–Kier alpha value is -1.02. The van der Waals surface area contributed by atoms with Gasteiger partial charge in [-0.15, -0.1) is 0 Å². The van der Waals surface area contributed by atoms with Gasteiger partial charge in [-0.25, -0.2) is 0 Å². The average Bonchev–Trinajstić information content (AvgIpc) is 2.48. The van der Waals surface area contributed by atoms with Gasteiger partial charge in [0.2, 0.25) is 0 Å². The van der Waals surface area contributed by atoms with Crippen LogP contribution in [0, 0.1) is 6.92 Å². The fourth-order valence-electron chi connectivity index (χ4n) is 3.30. The fourth-order valence-corrected chi connectivity index (χ4v) is 3.30. The molecule has 0 saturated heterocycles. The molecule has 0 heterocycles. The van der Waals surface area contributed by atoms with E-state index in [2.05, 4.69) is 49.3 Å². The van der Waals surface area contributed by atoms with Crippen LogP contribution in [-0.2, 0) is 6.54 Å². The Balaban J connectivity index is 2.00. The molecular weight excluding hydrogens is 244 g/mol. The van der Waals surface area contributed by atoms with Crippen LogP contribution >= 0.6 is 0 Å². The molecule has 1 fully saturated rings. The van der Waals surface area contributed by atoms with Crippen LogP contribution < -0.4 is 10.2 Å². The zero-order valence-corrected chi connectivity index (χ0v) is 13.4. The molecular formula is C18H30N2. The predicted octanol–water partition coefficient (Wildman–Crippen LogP) is 4.26. The van der Waals surface area contributed by atoms with Crippen LogP contribution in [0.25, 0.3) is 0 Å². The number of nitrogens with zero attached hydrogens (tertiary/aromatic N) is 1. The monoisotopic (exact) mass is 274 g/mol. The van der Waals surface area contributed by atoms with Gasteiger partial charge in [-0.3, -0.25) is 0 Å². The molecule has 20 heavy (non-hydrogen) atoms. The molecule has 0 spiro atoms. The van der Waals surface area contributed by atoms with Crippen molar-refractivity contribution in [2.75, 3.05) is 18.5 Å². The topological polar surface area (TPSA) is 15.3 Å². The number of hydrogen-bond acceptors (Lipinski definition) is 2. The van der Waals surface area contributed by atoms with Gasteiger partial charge < -0.3 is 10.2 Å². The van der Waals surface area contributed by atoms with E-state index in [1.54, 1.807) is 0 Å². The fraction of sp³-hybridized carbons (Fsp3) is 0.667. The van der Waals surface area contributed by atoms with Crippen LogP contribution in [0.1, 0.15) is 56.6 Å². The van der Waals surface area contributed by atoms with Crippen LogP contribution in [0.5, 0.6) is 0 Å². The highest BCUT2D eigenvalue weighted by Crippen LogP contribution is 2.28. The molecule has 1 aromatic carbocycles. The maximum absolute atomic E-state index is 3.48. The summed E-state index contributed by atoms with van der Waals surface area (Å²) in [6.45, 7) is 6.54. The standard InChI is InChI=1S/C18H30N2/c1-4-12-19-14-16-10-11-18(15(2)13-16)20(3)17-8-6-5-7-9-17/h10-11,13,17,19H,4-9,12,14H2,1-3H3. The van der Waals surface area contributed by atoms with E-state index in [1.165, 1.54) is 55.3 Å². The van der Waals surface area contributed by atoms with Crippen LogP contribution in [0.2, 0.25) is 0 Å². The van der Waals surface area contributed by atoms with Crippen LogP contribution in [-0.4, -0.2) is 19.6 Å². The maximum Gasteiger partial charge on any atom is 0.0396 e. The number of rotatable bonds is 6. The molecule has 0 bridgehead atoms. The predicted molar refractivity (Wildman–Crippen MR) is 88.5 cm³/mol.